The maximum atomic E-state index is 13.4. The number of alkyl halides is 3. The van der Waals surface area contributed by atoms with Crippen molar-refractivity contribution < 1.29 is 18.0 Å². The van der Waals surface area contributed by atoms with E-state index in [0.29, 0.717) is 18.7 Å². The molecule has 160 valence electrons. The zero-order valence-corrected chi connectivity index (χ0v) is 16.8. The van der Waals surface area contributed by atoms with Crippen molar-refractivity contribution in [3.8, 4) is 0 Å². The summed E-state index contributed by atoms with van der Waals surface area (Å²) in [5, 5.41) is 5.69. The molecule has 2 aromatic rings. The Labute approximate surface area is 174 Å². The van der Waals surface area contributed by atoms with Crippen LogP contribution in [0.2, 0.25) is 0 Å². The van der Waals surface area contributed by atoms with E-state index in [4.69, 9.17) is 0 Å². The van der Waals surface area contributed by atoms with Crippen LogP contribution in [0.3, 0.4) is 0 Å². The highest BCUT2D eigenvalue weighted by molar-refractivity contribution is 5.90. The van der Waals surface area contributed by atoms with Gasteiger partial charge < -0.3 is 15.5 Å². The lowest BCUT2D eigenvalue weighted by Gasteiger charge is -2.23. The maximum absolute atomic E-state index is 13.4. The Balaban J connectivity index is 1.45. The molecule has 0 aromatic heterocycles. The summed E-state index contributed by atoms with van der Waals surface area (Å²) in [6, 6.07) is 9.70. The number of anilines is 2. The summed E-state index contributed by atoms with van der Waals surface area (Å²) in [5.41, 5.74) is 3.51. The summed E-state index contributed by atoms with van der Waals surface area (Å²) in [6.07, 6.45) is 1.63. The quantitative estimate of drug-likeness (QED) is 0.689. The third-order valence-corrected chi connectivity index (χ3v) is 5.91. The second-order valence-electron chi connectivity index (χ2n) is 8.00. The van der Waals surface area contributed by atoms with Gasteiger partial charge in [0, 0.05) is 31.0 Å². The van der Waals surface area contributed by atoms with Gasteiger partial charge in [0.25, 0.3) is 0 Å². The number of nitrogens with one attached hydrogen (secondary N) is 2. The lowest BCUT2D eigenvalue weighted by Crippen LogP contribution is -2.29. The van der Waals surface area contributed by atoms with Gasteiger partial charge in [-0.25, -0.2) is 4.79 Å². The van der Waals surface area contributed by atoms with Crippen LogP contribution in [0.25, 0.3) is 0 Å². The van der Waals surface area contributed by atoms with Crippen LogP contribution in [0.5, 0.6) is 0 Å². The molecule has 2 amide bonds. The van der Waals surface area contributed by atoms with Gasteiger partial charge >= 0.3 is 12.2 Å². The number of carbonyl (C=O) groups is 1. The van der Waals surface area contributed by atoms with Crippen molar-refractivity contribution in [3.05, 3.63) is 58.7 Å². The highest BCUT2D eigenvalue weighted by atomic mass is 19.4. The first-order chi connectivity index (χ1) is 14.4. The number of carbonyl (C=O) groups excluding carboxylic acids is 1. The van der Waals surface area contributed by atoms with Crippen LogP contribution in [0, 0.1) is 0 Å². The van der Waals surface area contributed by atoms with Gasteiger partial charge in [-0.1, -0.05) is 18.2 Å². The van der Waals surface area contributed by atoms with Crippen LogP contribution >= 0.6 is 0 Å². The second-order valence-corrected chi connectivity index (χ2v) is 8.00. The molecule has 1 heterocycles. The van der Waals surface area contributed by atoms with Crippen molar-refractivity contribution in [1.29, 1.82) is 0 Å². The van der Waals surface area contributed by atoms with Crippen molar-refractivity contribution in [3.63, 3.8) is 0 Å². The molecule has 0 saturated carbocycles. The van der Waals surface area contributed by atoms with E-state index in [1.165, 1.54) is 17.2 Å². The Morgan fingerprint density at radius 3 is 2.53 bits per heavy atom. The van der Waals surface area contributed by atoms with E-state index in [1.54, 1.807) is 11.0 Å². The molecular formula is C23H26F3N3O. The molecule has 2 N–H and O–H groups in total. The number of rotatable bonds is 4. The lowest BCUT2D eigenvalue weighted by atomic mass is 9.90. The lowest BCUT2D eigenvalue weighted by molar-refractivity contribution is -0.137. The fourth-order valence-corrected chi connectivity index (χ4v) is 4.39. The van der Waals surface area contributed by atoms with Crippen molar-refractivity contribution in [1.82, 2.24) is 5.32 Å². The van der Waals surface area contributed by atoms with Gasteiger partial charge in [0.05, 0.1) is 5.56 Å². The molecule has 0 unspecified atom stereocenters. The van der Waals surface area contributed by atoms with Gasteiger partial charge in [-0.05, 0) is 73.4 Å². The number of hydrogen-bond acceptors (Lipinski definition) is 2. The number of hydrogen-bond donors (Lipinski definition) is 2. The Bertz CT molecular complexity index is 920. The van der Waals surface area contributed by atoms with Gasteiger partial charge in [-0.15, -0.1) is 0 Å². The third kappa shape index (κ3) is 4.55. The molecule has 1 aliphatic heterocycles. The summed E-state index contributed by atoms with van der Waals surface area (Å²) < 4.78 is 40.3. The predicted octanol–water partition coefficient (Wildman–Crippen LogP) is 5.51. The van der Waals surface area contributed by atoms with E-state index in [9.17, 15) is 18.0 Å². The summed E-state index contributed by atoms with van der Waals surface area (Å²) >= 11 is 0. The minimum atomic E-state index is -4.40. The first kappa shape index (κ1) is 20.6. The highest BCUT2D eigenvalue weighted by Gasteiger charge is 2.35. The first-order valence-electron chi connectivity index (χ1n) is 10.5. The van der Waals surface area contributed by atoms with E-state index in [1.807, 2.05) is 12.1 Å². The third-order valence-electron chi connectivity index (χ3n) is 5.91. The Morgan fingerprint density at radius 1 is 1.00 bits per heavy atom. The maximum Gasteiger partial charge on any atom is 0.418 e. The Morgan fingerprint density at radius 2 is 1.77 bits per heavy atom. The van der Waals surface area contributed by atoms with E-state index in [2.05, 4.69) is 16.7 Å². The van der Waals surface area contributed by atoms with Gasteiger partial charge in [-0.3, -0.25) is 0 Å². The van der Waals surface area contributed by atoms with Crippen LogP contribution < -0.4 is 15.5 Å². The average Bonchev–Trinajstić information content (AvgIpc) is 3.26. The first-order valence-corrected chi connectivity index (χ1v) is 10.5. The summed E-state index contributed by atoms with van der Waals surface area (Å²) in [5.74, 6) is 0. The zero-order valence-electron chi connectivity index (χ0n) is 16.8. The molecule has 2 aromatic carbocycles. The van der Waals surface area contributed by atoms with Crippen LogP contribution in [0.1, 0.15) is 47.9 Å². The van der Waals surface area contributed by atoms with Gasteiger partial charge in [0.15, 0.2) is 0 Å². The number of amides is 2. The van der Waals surface area contributed by atoms with E-state index in [0.717, 1.165) is 50.3 Å². The molecule has 1 fully saturated rings. The molecule has 0 bridgehead atoms. The largest absolute Gasteiger partial charge is 0.418 e. The minimum Gasteiger partial charge on any atom is -0.371 e. The van der Waals surface area contributed by atoms with Crippen LogP contribution in [-0.2, 0) is 25.6 Å². The smallest absolute Gasteiger partial charge is 0.371 e. The van der Waals surface area contributed by atoms with Gasteiger partial charge in [-0.2, -0.15) is 13.2 Å². The molecule has 1 saturated heterocycles. The fraction of sp³-hybridized carbons (Fsp3) is 0.435. The summed E-state index contributed by atoms with van der Waals surface area (Å²) in [4.78, 5) is 14.2. The molecule has 30 heavy (non-hydrogen) atoms. The molecule has 0 atom stereocenters. The Hall–Kier alpha value is -2.70. The van der Waals surface area contributed by atoms with Crippen LogP contribution in [0.15, 0.2) is 36.4 Å². The molecule has 4 rings (SSSR count). The predicted molar refractivity (Wildman–Crippen MR) is 112 cm³/mol. The van der Waals surface area contributed by atoms with Crippen molar-refractivity contribution in [2.24, 2.45) is 0 Å². The molecule has 2 aliphatic rings. The van der Waals surface area contributed by atoms with Gasteiger partial charge in [0.2, 0.25) is 0 Å². The fourth-order valence-electron chi connectivity index (χ4n) is 4.39. The average molecular weight is 417 g/mol. The van der Waals surface area contributed by atoms with Crippen molar-refractivity contribution in [2.75, 3.05) is 23.3 Å². The number of aryl methyl sites for hydroxylation is 1. The van der Waals surface area contributed by atoms with Crippen LogP contribution in [0.4, 0.5) is 29.3 Å². The monoisotopic (exact) mass is 417 g/mol. The minimum absolute atomic E-state index is 0.167. The molecular weight excluding hydrogens is 391 g/mol. The molecule has 0 spiro atoms. The highest BCUT2D eigenvalue weighted by Crippen LogP contribution is 2.38. The normalized spacial score (nSPS) is 16.3. The van der Waals surface area contributed by atoms with Gasteiger partial charge in [0.1, 0.15) is 0 Å². The van der Waals surface area contributed by atoms with E-state index in [-0.39, 0.29) is 18.3 Å². The van der Waals surface area contributed by atoms with Crippen molar-refractivity contribution in [2.45, 2.75) is 51.2 Å². The van der Waals surface area contributed by atoms with E-state index >= 15 is 0 Å². The molecule has 1 aliphatic carbocycles. The molecule has 0 radical (unpaired) electrons. The summed E-state index contributed by atoms with van der Waals surface area (Å²) in [7, 11) is 0. The van der Waals surface area contributed by atoms with Crippen LogP contribution in [-0.4, -0.2) is 19.1 Å². The number of benzene rings is 2. The molecule has 7 heteroatoms. The number of fused-ring (bicyclic) bond motifs is 1. The van der Waals surface area contributed by atoms with Crippen molar-refractivity contribution >= 4 is 17.4 Å². The summed E-state index contributed by atoms with van der Waals surface area (Å²) in [6.45, 7) is 1.42. The number of urea groups is 1. The second kappa shape index (κ2) is 8.58. The topological polar surface area (TPSA) is 44.4 Å². The SMILES string of the molecule is O=C(NCc1ccc(C(F)(F)F)c(N2CCCC2)c1)Nc1cccc2c1CCCC2. The Kier molecular flexibility index (Phi) is 5.88. The number of nitrogens with zero attached hydrogens (tertiary/aromatic N) is 1. The zero-order chi connectivity index (χ0) is 21.1. The number of halogens is 3. The van der Waals surface area contributed by atoms with E-state index < -0.39 is 11.7 Å². The molecule has 4 nitrogen and oxygen atoms in total. The standard InChI is InChI=1S/C23H26F3N3O/c24-23(25,26)19-11-10-16(14-21(19)29-12-3-4-13-29)15-27-22(30)28-20-9-5-7-17-6-1-2-8-18(17)20/h5,7,9-11,14H,1-4,6,8,12-13,15H2,(H2,27,28,30).